The van der Waals surface area contributed by atoms with E-state index in [4.69, 9.17) is 14.9 Å². The van der Waals surface area contributed by atoms with Gasteiger partial charge in [0.2, 0.25) is 0 Å². The molecule has 0 amide bonds. The SMILES string of the molecule is Cc1ccc(-c2nn(CC3CCC(COCC(=O)O)CC3)c(C)c2-c2ccccc2)cc1. The predicted molar refractivity (Wildman–Crippen MR) is 126 cm³/mol. The second-order valence-corrected chi connectivity index (χ2v) is 9.02. The topological polar surface area (TPSA) is 64.4 Å². The first-order chi connectivity index (χ1) is 15.5. The summed E-state index contributed by atoms with van der Waals surface area (Å²) in [6.45, 7) is 5.55. The van der Waals surface area contributed by atoms with Gasteiger partial charge in [-0.05, 0) is 56.9 Å². The highest BCUT2D eigenvalue weighted by Gasteiger charge is 2.24. The van der Waals surface area contributed by atoms with Gasteiger partial charge in [0.25, 0.3) is 0 Å². The minimum atomic E-state index is -0.897. The van der Waals surface area contributed by atoms with Crippen molar-refractivity contribution in [2.45, 2.75) is 46.1 Å². The van der Waals surface area contributed by atoms with E-state index in [-0.39, 0.29) is 6.61 Å². The molecule has 1 aliphatic rings. The van der Waals surface area contributed by atoms with Gasteiger partial charge >= 0.3 is 5.97 Å². The largest absolute Gasteiger partial charge is 0.480 e. The smallest absolute Gasteiger partial charge is 0.329 e. The third kappa shape index (κ3) is 5.28. The molecule has 1 fully saturated rings. The average Bonchev–Trinajstić information content (AvgIpc) is 3.11. The Morgan fingerprint density at radius 3 is 2.28 bits per heavy atom. The van der Waals surface area contributed by atoms with Crippen molar-refractivity contribution in [3.63, 3.8) is 0 Å². The molecule has 3 aromatic rings. The molecule has 0 unspecified atom stereocenters. The van der Waals surface area contributed by atoms with Gasteiger partial charge in [0.15, 0.2) is 0 Å². The van der Waals surface area contributed by atoms with Crippen molar-refractivity contribution in [1.29, 1.82) is 0 Å². The van der Waals surface area contributed by atoms with Crippen molar-refractivity contribution in [3.05, 3.63) is 65.9 Å². The number of hydrogen-bond donors (Lipinski definition) is 1. The highest BCUT2D eigenvalue weighted by Crippen LogP contribution is 2.36. The van der Waals surface area contributed by atoms with Gasteiger partial charge in [-0.15, -0.1) is 0 Å². The van der Waals surface area contributed by atoms with Gasteiger partial charge in [-0.1, -0.05) is 60.2 Å². The molecule has 1 aromatic heterocycles. The van der Waals surface area contributed by atoms with Crippen LogP contribution in [0.15, 0.2) is 54.6 Å². The molecule has 0 atom stereocenters. The number of aryl methyl sites for hydroxylation is 1. The van der Waals surface area contributed by atoms with E-state index in [1.807, 2.05) is 6.07 Å². The van der Waals surface area contributed by atoms with Gasteiger partial charge in [-0.3, -0.25) is 4.68 Å². The van der Waals surface area contributed by atoms with Crippen molar-refractivity contribution in [1.82, 2.24) is 9.78 Å². The molecule has 1 heterocycles. The van der Waals surface area contributed by atoms with Gasteiger partial charge in [-0.25, -0.2) is 4.79 Å². The van der Waals surface area contributed by atoms with Gasteiger partial charge in [-0.2, -0.15) is 5.10 Å². The molecule has 1 N–H and O–H groups in total. The van der Waals surface area contributed by atoms with Crippen LogP contribution in [0, 0.1) is 25.7 Å². The zero-order chi connectivity index (χ0) is 22.5. The summed E-state index contributed by atoms with van der Waals surface area (Å²) in [5.41, 5.74) is 7.06. The van der Waals surface area contributed by atoms with Crippen LogP contribution in [0.2, 0.25) is 0 Å². The molecule has 168 valence electrons. The number of carboxylic acid groups (broad SMARTS) is 1. The summed E-state index contributed by atoms with van der Waals surface area (Å²) in [5, 5.41) is 13.8. The lowest BCUT2D eigenvalue weighted by Crippen LogP contribution is -2.23. The number of nitrogens with zero attached hydrogens (tertiary/aromatic N) is 2. The van der Waals surface area contributed by atoms with E-state index in [9.17, 15) is 4.79 Å². The summed E-state index contributed by atoms with van der Waals surface area (Å²) in [5.74, 6) is 0.151. The number of carboxylic acids is 1. The van der Waals surface area contributed by atoms with Crippen LogP contribution in [0.4, 0.5) is 0 Å². The lowest BCUT2D eigenvalue weighted by molar-refractivity contribution is -0.142. The Balaban J connectivity index is 1.51. The van der Waals surface area contributed by atoms with Crippen molar-refractivity contribution in [3.8, 4) is 22.4 Å². The van der Waals surface area contributed by atoms with Gasteiger partial charge in [0.1, 0.15) is 12.3 Å². The molecular formula is C27H32N2O3. The van der Waals surface area contributed by atoms with Crippen molar-refractivity contribution < 1.29 is 14.6 Å². The van der Waals surface area contributed by atoms with Gasteiger partial charge in [0, 0.05) is 23.4 Å². The molecule has 5 heteroatoms. The Labute approximate surface area is 190 Å². The van der Waals surface area contributed by atoms with Crippen LogP contribution < -0.4 is 0 Å². The Morgan fingerprint density at radius 2 is 1.62 bits per heavy atom. The average molecular weight is 433 g/mol. The second-order valence-electron chi connectivity index (χ2n) is 9.02. The molecule has 5 nitrogen and oxygen atoms in total. The third-order valence-electron chi connectivity index (χ3n) is 6.57. The van der Waals surface area contributed by atoms with Crippen LogP contribution in [0.5, 0.6) is 0 Å². The number of aromatic nitrogens is 2. The van der Waals surface area contributed by atoms with E-state index in [0.29, 0.717) is 18.4 Å². The van der Waals surface area contributed by atoms with Gasteiger partial charge in [0.05, 0.1) is 6.61 Å². The normalized spacial score (nSPS) is 18.6. The summed E-state index contributed by atoms with van der Waals surface area (Å²) < 4.78 is 7.51. The lowest BCUT2D eigenvalue weighted by atomic mass is 9.82. The van der Waals surface area contributed by atoms with Crippen LogP contribution in [-0.2, 0) is 16.1 Å². The Kier molecular flexibility index (Phi) is 7.05. The highest BCUT2D eigenvalue weighted by molar-refractivity contribution is 5.82. The Bertz CT molecular complexity index is 1030. The number of rotatable bonds is 8. The molecule has 0 radical (unpaired) electrons. The molecular weight excluding hydrogens is 400 g/mol. The van der Waals surface area contributed by atoms with E-state index < -0.39 is 5.97 Å². The fourth-order valence-corrected chi connectivity index (χ4v) is 4.73. The Hall–Kier alpha value is -2.92. The first-order valence-corrected chi connectivity index (χ1v) is 11.5. The van der Waals surface area contributed by atoms with Crippen molar-refractivity contribution in [2.75, 3.05) is 13.2 Å². The minimum Gasteiger partial charge on any atom is -0.480 e. The maximum atomic E-state index is 10.6. The maximum Gasteiger partial charge on any atom is 0.329 e. The van der Waals surface area contributed by atoms with E-state index in [0.717, 1.165) is 43.5 Å². The van der Waals surface area contributed by atoms with E-state index in [1.54, 1.807) is 0 Å². The summed E-state index contributed by atoms with van der Waals surface area (Å²) in [6.07, 6.45) is 4.42. The highest BCUT2D eigenvalue weighted by atomic mass is 16.5. The number of benzene rings is 2. The fraction of sp³-hybridized carbons (Fsp3) is 0.407. The van der Waals surface area contributed by atoms with Crippen molar-refractivity contribution in [2.24, 2.45) is 11.8 Å². The molecule has 0 bridgehead atoms. The number of carbonyl (C=O) groups is 1. The minimum absolute atomic E-state index is 0.198. The third-order valence-corrected chi connectivity index (χ3v) is 6.57. The van der Waals surface area contributed by atoms with Crippen LogP contribution >= 0.6 is 0 Å². The summed E-state index contributed by atoms with van der Waals surface area (Å²) in [4.78, 5) is 10.6. The van der Waals surface area contributed by atoms with Crippen LogP contribution in [0.3, 0.4) is 0 Å². The first-order valence-electron chi connectivity index (χ1n) is 11.5. The molecule has 1 aliphatic carbocycles. The number of aliphatic carboxylic acids is 1. The van der Waals surface area contributed by atoms with Crippen molar-refractivity contribution >= 4 is 5.97 Å². The second kappa shape index (κ2) is 10.1. The van der Waals surface area contributed by atoms with E-state index in [1.165, 1.54) is 22.4 Å². The van der Waals surface area contributed by atoms with Crippen LogP contribution in [0.25, 0.3) is 22.4 Å². The molecule has 32 heavy (non-hydrogen) atoms. The fourth-order valence-electron chi connectivity index (χ4n) is 4.73. The summed E-state index contributed by atoms with van der Waals surface area (Å²) in [6, 6.07) is 19.2. The number of ether oxygens (including phenoxy) is 1. The molecule has 0 saturated heterocycles. The summed E-state index contributed by atoms with van der Waals surface area (Å²) >= 11 is 0. The van der Waals surface area contributed by atoms with Gasteiger partial charge < -0.3 is 9.84 Å². The zero-order valence-electron chi connectivity index (χ0n) is 19.0. The zero-order valence-corrected chi connectivity index (χ0v) is 19.0. The standard InChI is InChI=1S/C27H32N2O3/c1-19-8-14-24(15-9-19)27-26(23-6-4-3-5-7-23)20(2)29(28-27)16-21-10-12-22(13-11-21)17-32-18-25(30)31/h3-9,14-15,21-22H,10-13,16-18H2,1-2H3,(H,30,31). The van der Waals surface area contributed by atoms with E-state index in [2.05, 4.69) is 67.1 Å². The lowest BCUT2D eigenvalue weighted by Gasteiger charge is -2.28. The quantitative estimate of drug-likeness (QED) is 0.493. The Morgan fingerprint density at radius 1 is 0.969 bits per heavy atom. The van der Waals surface area contributed by atoms with Crippen LogP contribution in [0.1, 0.15) is 36.9 Å². The molecule has 0 spiro atoms. The summed E-state index contributed by atoms with van der Waals surface area (Å²) in [7, 11) is 0. The molecule has 2 aromatic carbocycles. The first kappa shape index (κ1) is 22.3. The maximum absolute atomic E-state index is 10.6. The molecule has 4 rings (SSSR count). The number of hydrogen-bond acceptors (Lipinski definition) is 3. The van der Waals surface area contributed by atoms with E-state index >= 15 is 0 Å². The van der Waals surface area contributed by atoms with Crippen LogP contribution in [-0.4, -0.2) is 34.1 Å². The molecule has 1 saturated carbocycles. The monoisotopic (exact) mass is 432 g/mol. The predicted octanol–water partition coefficient (Wildman–Crippen LogP) is 5.74. The molecule has 0 aliphatic heterocycles.